The van der Waals surface area contributed by atoms with Crippen LogP contribution in [-0.4, -0.2) is 17.4 Å². The third-order valence-corrected chi connectivity index (χ3v) is 4.74. The molecular formula is C15H19BrClN3OS. The Morgan fingerprint density at radius 2 is 2.23 bits per heavy atom. The second-order valence-corrected chi connectivity index (χ2v) is 6.96. The van der Waals surface area contributed by atoms with Crippen molar-refractivity contribution in [3.8, 4) is 0 Å². The average molecular weight is 405 g/mol. The topological polar surface area (TPSA) is 68.0 Å². The van der Waals surface area contributed by atoms with Crippen LogP contribution in [0.2, 0.25) is 0 Å². The predicted molar refractivity (Wildman–Crippen MR) is 97.9 cm³/mol. The molecule has 0 aliphatic rings. The highest BCUT2D eigenvalue weighted by Gasteiger charge is 2.14. The summed E-state index contributed by atoms with van der Waals surface area (Å²) in [5.74, 6) is -0.289. The molecule has 0 spiro atoms. The molecule has 0 aliphatic carbocycles. The van der Waals surface area contributed by atoms with Crippen LogP contribution in [0.3, 0.4) is 0 Å². The lowest BCUT2D eigenvalue weighted by molar-refractivity contribution is -0.119. The van der Waals surface area contributed by atoms with Gasteiger partial charge in [0.05, 0.1) is 5.69 Å². The molecule has 1 unspecified atom stereocenters. The van der Waals surface area contributed by atoms with Gasteiger partial charge in [0.25, 0.3) is 0 Å². The second kappa shape index (κ2) is 8.62. The first kappa shape index (κ1) is 19.1. The number of carbonyl (C=O) groups excluding carboxylic acids is 1. The predicted octanol–water partition coefficient (Wildman–Crippen LogP) is 3.76. The van der Waals surface area contributed by atoms with Crippen LogP contribution in [0.15, 0.2) is 28.7 Å². The van der Waals surface area contributed by atoms with E-state index in [1.165, 1.54) is 16.9 Å². The molecule has 0 aliphatic heterocycles. The number of hydrogen-bond acceptors (Lipinski definition) is 4. The molecule has 120 valence electrons. The Hall–Kier alpha value is -0.950. The maximum absolute atomic E-state index is 11.8. The molecule has 22 heavy (non-hydrogen) atoms. The number of amides is 1. The highest BCUT2D eigenvalue weighted by molar-refractivity contribution is 9.10. The van der Waals surface area contributed by atoms with Crippen molar-refractivity contribution in [3.63, 3.8) is 0 Å². The molecule has 0 saturated carbocycles. The van der Waals surface area contributed by atoms with Gasteiger partial charge in [0, 0.05) is 28.2 Å². The maximum Gasteiger partial charge on any atom is 0.230 e. The monoisotopic (exact) mass is 403 g/mol. The summed E-state index contributed by atoms with van der Waals surface area (Å²) in [5, 5.41) is 3.47. The molecule has 7 heteroatoms. The van der Waals surface area contributed by atoms with Crippen LogP contribution < -0.4 is 11.1 Å². The molecule has 0 radical (unpaired) electrons. The van der Waals surface area contributed by atoms with Crippen molar-refractivity contribution in [2.75, 3.05) is 11.9 Å². The number of nitrogens with zero attached hydrogens (tertiary/aromatic N) is 1. The van der Waals surface area contributed by atoms with Gasteiger partial charge in [-0.25, -0.2) is 4.98 Å². The Labute approximate surface area is 149 Å². The average Bonchev–Trinajstić information content (AvgIpc) is 2.77. The van der Waals surface area contributed by atoms with E-state index < -0.39 is 0 Å². The van der Waals surface area contributed by atoms with E-state index in [-0.39, 0.29) is 24.2 Å². The zero-order chi connectivity index (χ0) is 15.4. The van der Waals surface area contributed by atoms with Crippen molar-refractivity contribution in [1.29, 1.82) is 0 Å². The number of thiazole rings is 1. The Morgan fingerprint density at radius 3 is 2.86 bits per heavy atom. The first-order valence-electron chi connectivity index (χ1n) is 6.71. The van der Waals surface area contributed by atoms with E-state index in [4.69, 9.17) is 5.73 Å². The quantitative estimate of drug-likeness (QED) is 0.797. The number of halogens is 2. The number of aryl methyl sites for hydroxylation is 1. The summed E-state index contributed by atoms with van der Waals surface area (Å²) in [7, 11) is 0. The summed E-state index contributed by atoms with van der Waals surface area (Å²) < 4.78 is 1.06. The van der Waals surface area contributed by atoms with Gasteiger partial charge in [-0.15, -0.1) is 23.7 Å². The zero-order valence-electron chi connectivity index (χ0n) is 12.4. The standard InChI is InChI=1S/C15H18BrN3OS.ClH/c1-9(8-17)14(20)19-15-18-10(2)13(21-15)7-11-4-3-5-12(16)6-11;/h3-6,9H,7-8,17H2,1-2H3,(H,18,19,20);1H. The summed E-state index contributed by atoms with van der Waals surface area (Å²) in [6.07, 6.45) is 0.811. The SMILES string of the molecule is Cc1nc(NC(=O)C(C)CN)sc1Cc1cccc(Br)c1.Cl. The molecule has 2 rings (SSSR count). The second-order valence-electron chi connectivity index (χ2n) is 4.96. The van der Waals surface area contributed by atoms with Gasteiger partial charge >= 0.3 is 0 Å². The van der Waals surface area contributed by atoms with Crippen LogP contribution in [0.1, 0.15) is 23.1 Å². The molecule has 1 aromatic carbocycles. The molecule has 4 nitrogen and oxygen atoms in total. The molecule has 0 bridgehead atoms. The van der Waals surface area contributed by atoms with Gasteiger partial charge in [0.1, 0.15) is 0 Å². The maximum atomic E-state index is 11.8. The largest absolute Gasteiger partial charge is 0.330 e. The Morgan fingerprint density at radius 1 is 1.50 bits per heavy atom. The number of anilines is 1. The zero-order valence-corrected chi connectivity index (χ0v) is 15.6. The Bertz CT molecular complexity index is 647. The third kappa shape index (κ3) is 5.05. The minimum atomic E-state index is -0.206. The highest BCUT2D eigenvalue weighted by Crippen LogP contribution is 2.26. The molecule has 3 N–H and O–H groups in total. The number of benzene rings is 1. The first-order valence-corrected chi connectivity index (χ1v) is 8.32. The summed E-state index contributed by atoms with van der Waals surface area (Å²) in [4.78, 5) is 17.4. The fourth-order valence-electron chi connectivity index (χ4n) is 1.81. The molecular weight excluding hydrogens is 386 g/mol. The molecule has 0 saturated heterocycles. The van der Waals surface area contributed by atoms with E-state index >= 15 is 0 Å². The van der Waals surface area contributed by atoms with Gasteiger partial charge in [-0.05, 0) is 24.6 Å². The first-order chi connectivity index (χ1) is 9.99. The number of nitrogens with one attached hydrogen (secondary N) is 1. The lowest BCUT2D eigenvalue weighted by atomic mass is 10.1. The van der Waals surface area contributed by atoms with Crippen molar-refractivity contribution in [1.82, 2.24) is 4.98 Å². The summed E-state index contributed by atoms with van der Waals surface area (Å²) in [5.41, 5.74) is 7.66. The smallest absolute Gasteiger partial charge is 0.230 e. The van der Waals surface area contributed by atoms with Crippen molar-refractivity contribution < 1.29 is 4.79 Å². The van der Waals surface area contributed by atoms with Gasteiger partial charge in [0.2, 0.25) is 5.91 Å². The lowest BCUT2D eigenvalue weighted by Crippen LogP contribution is -2.26. The summed E-state index contributed by atoms with van der Waals surface area (Å²) >= 11 is 4.99. The number of hydrogen-bond donors (Lipinski definition) is 2. The molecule has 2 aromatic rings. The van der Waals surface area contributed by atoms with Crippen molar-refractivity contribution >= 4 is 50.7 Å². The van der Waals surface area contributed by atoms with Crippen LogP contribution in [0, 0.1) is 12.8 Å². The third-order valence-electron chi connectivity index (χ3n) is 3.18. The van der Waals surface area contributed by atoms with E-state index in [2.05, 4.69) is 38.4 Å². The lowest BCUT2D eigenvalue weighted by Gasteiger charge is -2.06. The molecule has 0 fully saturated rings. The molecule has 1 amide bonds. The van der Waals surface area contributed by atoms with Crippen molar-refractivity contribution in [2.24, 2.45) is 11.7 Å². The fourth-order valence-corrected chi connectivity index (χ4v) is 3.26. The van der Waals surface area contributed by atoms with Crippen LogP contribution in [0.4, 0.5) is 5.13 Å². The fraction of sp³-hybridized carbons (Fsp3) is 0.333. The van der Waals surface area contributed by atoms with Gasteiger partial charge in [0.15, 0.2) is 5.13 Å². The van der Waals surface area contributed by atoms with E-state index in [1.54, 1.807) is 6.92 Å². The van der Waals surface area contributed by atoms with E-state index in [0.29, 0.717) is 11.7 Å². The number of aromatic nitrogens is 1. The van der Waals surface area contributed by atoms with E-state index in [1.807, 2.05) is 19.1 Å². The van der Waals surface area contributed by atoms with E-state index in [9.17, 15) is 4.79 Å². The van der Waals surface area contributed by atoms with Crippen molar-refractivity contribution in [2.45, 2.75) is 20.3 Å². The minimum absolute atomic E-state index is 0. The summed E-state index contributed by atoms with van der Waals surface area (Å²) in [6, 6.07) is 8.19. The number of nitrogens with two attached hydrogens (primary N) is 1. The van der Waals surface area contributed by atoms with Crippen molar-refractivity contribution in [3.05, 3.63) is 44.9 Å². The molecule has 1 aromatic heterocycles. The van der Waals surface area contributed by atoms with Crippen LogP contribution in [0.5, 0.6) is 0 Å². The molecule has 1 atom stereocenters. The van der Waals surface area contributed by atoms with Crippen LogP contribution >= 0.6 is 39.7 Å². The Balaban J connectivity index is 0.00000242. The van der Waals surface area contributed by atoms with Crippen LogP contribution in [0.25, 0.3) is 0 Å². The minimum Gasteiger partial charge on any atom is -0.330 e. The number of carbonyl (C=O) groups is 1. The molecule has 1 heterocycles. The van der Waals surface area contributed by atoms with Gasteiger partial charge < -0.3 is 11.1 Å². The van der Waals surface area contributed by atoms with Crippen LogP contribution in [-0.2, 0) is 11.2 Å². The van der Waals surface area contributed by atoms with E-state index in [0.717, 1.165) is 21.5 Å². The van der Waals surface area contributed by atoms with Gasteiger partial charge in [-0.3, -0.25) is 4.79 Å². The summed E-state index contributed by atoms with van der Waals surface area (Å²) in [6.45, 7) is 4.10. The highest BCUT2D eigenvalue weighted by atomic mass is 79.9. The Kier molecular flexibility index (Phi) is 7.48. The van der Waals surface area contributed by atoms with Gasteiger partial charge in [-0.2, -0.15) is 0 Å². The number of rotatable bonds is 5. The normalized spacial score (nSPS) is 11.6. The van der Waals surface area contributed by atoms with Gasteiger partial charge in [-0.1, -0.05) is 35.0 Å².